The first-order valence-corrected chi connectivity index (χ1v) is 10.5. The lowest BCUT2D eigenvalue weighted by atomic mass is 10.2. The second-order valence-electron chi connectivity index (χ2n) is 6.85. The molecule has 0 unspecified atom stereocenters. The molecule has 0 saturated heterocycles. The molecule has 1 N–H and O–H groups in total. The van der Waals surface area contributed by atoms with Crippen molar-refractivity contribution >= 4 is 33.3 Å². The van der Waals surface area contributed by atoms with Crippen LogP contribution in [0.4, 0.5) is 5.82 Å². The number of aromatic nitrogens is 3. The Balaban J connectivity index is 1.70. The summed E-state index contributed by atoms with van der Waals surface area (Å²) in [5, 5.41) is 8.04. The smallest absolute Gasteiger partial charge is 0.332 e. The van der Waals surface area contributed by atoms with Gasteiger partial charge in [-0.3, -0.25) is 18.7 Å². The summed E-state index contributed by atoms with van der Waals surface area (Å²) >= 11 is 1.23. The fourth-order valence-electron chi connectivity index (χ4n) is 3.26. The second kappa shape index (κ2) is 8.60. The molecule has 31 heavy (non-hydrogen) atoms. The van der Waals surface area contributed by atoms with Crippen molar-refractivity contribution in [3.05, 3.63) is 73.9 Å². The van der Waals surface area contributed by atoms with Crippen molar-refractivity contribution in [3.63, 3.8) is 0 Å². The Bertz CT molecular complexity index is 1360. The molecule has 0 aliphatic heterocycles. The summed E-state index contributed by atoms with van der Waals surface area (Å²) < 4.78 is 13.3. The van der Waals surface area contributed by atoms with Gasteiger partial charge in [-0.05, 0) is 43.0 Å². The summed E-state index contributed by atoms with van der Waals surface area (Å²) in [5.41, 5.74) is 0.214. The Morgan fingerprint density at radius 3 is 2.81 bits per heavy atom. The van der Waals surface area contributed by atoms with Gasteiger partial charge < -0.3 is 14.6 Å². The number of aryl methyl sites for hydroxylation is 1. The fourth-order valence-corrected chi connectivity index (χ4v) is 4.10. The number of nitrogens with one attached hydrogen (secondary N) is 1. The van der Waals surface area contributed by atoms with Crippen molar-refractivity contribution in [1.29, 1.82) is 0 Å². The molecule has 4 aromatic rings. The molecular weight excluding hydrogens is 420 g/mol. The van der Waals surface area contributed by atoms with E-state index in [-0.39, 0.29) is 24.5 Å². The highest BCUT2D eigenvalue weighted by Gasteiger charge is 2.17. The van der Waals surface area contributed by atoms with Crippen LogP contribution in [0.2, 0.25) is 0 Å². The molecule has 0 bridgehead atoms. The van der Waals surface area contributed by atoms with E-state index in [9.17, 15) is 14.4 Å². The van der Waals surface area contributed by atoms with Crippen LogP contribution in [-0.2, 0) is 17.9 Å². The molecule has 0 aliphatic carbocycles. The first kappa shape index (κ1) is 20.6. The molecule has 0 fully saturated rings. The van der Waals surface area contributed by atoms with Gasteiger partial charge in [0.05, 0.1) is 18.7 Å². The lowest BCUT2D eigenvalue weighted by Crippen LogP contribution is -2.41. The van der Waals surface area contributed by atoms with E-state index in [0.717, 1.165) is 10.1 Å². The average Bonchev–Trinajstić information content (AvgIpc) is 3.38. The van der Waals surface area contributed by atoms with E-state index >= 15 is 0 Å². The molecular formula is C21H20N4O5S. The van der Waals surface area contributed by atoms with Gasteiger partial charge in [0.2, 0.25) is 5.91 Å². The summed E-state index contributed by atoms with van der Waals surface area (Å²) in [7, 11) is 0. The monoisotopic (exact) mass is 440 g/mol. The Morgan fingerprint density at radius 2 is 2.06 bits per heavy atom. The maximum atomic E-state index is 13.2. The van der Waals surface area contributed by atoms with Crippen LogP contribution in [0, 0.1) is 6.92 Å². The summed E-state index contributed by atoms with van der Waals surface area (Å²) in [5.74, 6) is 1.02. The molecule has 9 nitrogen and oxygen atoms in total. The Hall–Kier alpha value is -3.66. The lowest BCUT2D eigenvalue weighted by Gasteiger charge is -2.12. The van der Waals surface area contributed by atoms with Gasteiger partial charge in [-0.15, -0.1) is 11.3 Å². The zero-order valence-corrected chi connectivity index (χ0v) is 17.8. The molecule has 3 heterocycles. The van der Waals surface area contributed by atoms with Gasteiger partial charge in [0.25, 0.3) is 5.56 Å². The van der Waals surface area contributed by atoms with Crippen molar-refractivity contribution in [2.75, 3.05) is 11.9 Å². The van der Waals surface area contributed by atoms with Crippen LogP contribution in [0.1, 0.15) is 18.2 Å². The quantitative estimate of drug-likeness (QED) is 0.473. The van der Waals surface area contributed by atoms with E-state index in [4.69, 9.17) is 9.26 Å². The number of ether oxygens (including phenoxy) is 1. The third-order valence-corrected chi connectivity index (χ3v) is 5.48. The third kappa shape index (κ3) is 4.29. The maximum absolute atomic E-state index is 13.2. The molecule has 1 amide bonds. The number of anilines is 1. The third-order valence-electron chi connectivity index (χ3n) is 4.58. The zero-order chi connectivity index (χ0) is 22.0. The van der Waals surface area contributed by atoms with Gasteiger partial charge in [0.15, 0.2) is 5.82 Å². The molecule has 10 heteroatoms. The van der Waals surface area contributed by atoms with Gasteiger partial charge >= 0.3 is 5.69 Å². The minimum atomic E-state index is -0.566. The first-order chi connectivity index (χ1) is 15.0. The van der Waals surface area contributed by atoms with Gasteiger partial charge in [0, 0.05) is 6.07 Å². The number of carbonyl (C=O) groups excluding carboxylic acids is 1. The molecule has 1 aromatic carbocycles. The molecule has 3 aromatic heterocycles. The first-order valence-electron chi connectivity index (χ1n) is 9.62. The normalized spacial score (nSPS) is 11.0. The molecule has 0 spiro atoms. The molecule has 160 valence electrons. The number of hydrogen-bond donors (Lipinski definition) is 1. The van der Waals surface area contributed by atoms with E-state index < -0.39 is 11.6 Å². The van der Waals surface area contributed by atoms with E-state index in [1.165, 1.54) is 15.9 Å². The largest absolute Gasteiger partial charge is 0.494 e. The highest BCUT2D eigenvalue weighted by molar-refractivity contribution is 7.17. The Labute approximate surface area is 180 Å². The van der Waals surface area contributed by atoms with E-state index in [2.05, 4.69) is 10.5 Å². The van der Waals surface area contributed by atoms with Crippen LogP contribution in [-0.4, -0.2) is 26.8 Å². The standard InChI is InChI=1S/C21H20N4O5S/c1-3-29-15-6-4-5-14(10-15)11-25-20(27)19-16(7-8-31-19)24(21(25)28)12-18(26)22-17-9-13(2)30-23-17/h4-10H,3,11-12H2,1-2H3,(H,22,23,26). The van der Waals surface area contributed by atoms with Crippen molar-refractivity contribution in [3.8, 4) is 5.75 Å². The Kier molecular flexibility index (Phi) is 5.72. The number of nitrogens with zero attached hydrogens (tertiary/aromatic N) is 3. The van der Waals surface area contributed by atoms with Gasteiger partial charge in [0.1, 0.15) is 22.8 Å². The number of amides is 1. The minimum Gasteiger partial charge on any atom is -0.494 e. The molecule has 0 saturated carbocycles. The number of thiophene rings is 1. The second-order valence-corrected chi connectivity index (χ2v) is 7.76. The van der Waals surface area contributed by atoms with Crippen molar-refractivity contribution in [2.45, 2.75) is 26.9 Å². The SMILES string of the molecule is CCOc1cccc(Cn2c(=O)c3sccc3n(CC(=O)Nc3cc(C)on3)c2=O)c1. The fraction of sp³-hybridized carbons (Fsp3) is 0.238. The minimum absolute atomic E-state index is 0.0660. The predicted molar refractivity (Wildman–Crippen MR) is 117 cm³/mol. The van der Waals surface area contributed by atoms with Gasteiger partial charge in [-0.2, -0.15) is 0 Å². The topological polar surface area (TPSA) is 108 Å². The highest BCUT2D eigenvalue weighted by Crippen LogP contribution is 2.17. The predicted octanol–water partition coefficient (Wildman–Crippen LogP) is 2.61. The van der Waals surface area contributed by atoms with Gasteiger partial charge in [-0.25, -0.2) is 4.79 Å². The van der Waals surface area contributed by atoms with Crippen LogP contribution < -0.4 is 21.3 Å². The molecule has 0 radical (unpaired) electrons. The number of hydrogen-bond acceptors (Lipinski definition) is 7. The summed E-state index contributed by atoms with van der Waals surface area (Å²) in [6.07, 6.45) is 0. The average molecular weight is 440 g/mol. The van der Waals surface area contributed by atoms with Crippen LogP contribution in [0.25, 0.3) is 10.2 Å². The van der Waals surface area contributed by atoms with Gasteiger partial charge in [-0.1, -0.05) is 17.3 Å². The number of carbonyl (C=O) groups is 1. The van der Waals surface area contributed by atoms with Crippen LogP contribution in [0.15, 0.2) is 55.9 Å². The molecule has 0 atom stereocenters. The van der Waals surface area contributed by atoms with Crippen molar-refractivity contribution in [1.82, 2.24) is 14.3 Å². The van der Waals surface area contributed by atoms with Crippen molar-refractivity contribution < 1.29 is 14.1 Å². The zero-order valence-electron chi connectivity index (χ0n) is 17.0. The summed E-state index contributed by atoms with van der Waals surface area (Å²) in [4.78, 5) is 38.7. The highest BCUT2D eigenvalue weighted by atomic mass is 32.1. The maximum Gasteiger partial charge on any atom is 0.332 e. The van der Waals surface area contributed by atoms with Crippen LogP contribution in [0.5, 0.6) is 5.75 Å². The molecule has 0 aliphatic rings. The van der Waals surface area contributed by atoms with Crippen LogP contribution >= 0.6 is 11.3 Å². The van der Waals surface area contributed by atoms with E-state index in [1.807, 2.05) is 19.1 Å². The summed E-state index contributed by atoms with van der Waals surface area (Å²) in [6.45, 7) is 3.90. The Morgan fingerprint density at radius 1 is 1.23 bits per heavy atom. The summed E-state index contributed by atoms with van der Waals surface area (Å²) in [6, 6.07) is 10.5. The number of rotatable bonds is 7. The number of fused-ring (bicyclic) bond motifs is 1. The van der Waals surface area contributed by atoms with Crippen LogP contribution in [0.3, 0.4) is 0 Å². The van der Waals surface area contributed by atoms with Crippen molar-refractivity contribution in [2.24, 2.45) is 0 Å². The number of benzene rings is 1. The molecule has 4 rings (SSSR count). The lowest BCUT2D eigenvalue weighted by molar-refractivity contribution is -0.116. The van der Waals surface area contributed by atoms with E-state index in [0.29, 0.717) is 28.3 Å². The van der Waals surface area contributed by atoms with E-state index in [1.54, 1.807) is 36.6 Å².